The molecule has 154 valence electrons. The van der Waals surface area contributed by atoms with E-state index in [9.17, 15) is 27.9 Å². The summed E-state index contributed by atoms with van der Waals surface area (Å²) in [5, 5.41) is 14.6. The Bertz CT molecular complexity index is 936. The minimum atomic E-state index is -5.34. The molecule has 0 bridgehead atoms. The molecule has 1 fully saturated rings. The largest absolute Gasteiger partial charge is 0.496 e. The lowest BCUT2D eigenvalue weighted by atomic mass is 9.77. The fraction of sp³-hybridized carbons (Fsp3) is 0.263. The summed E-state index contributed by atoms with van der Waals surface area (Å²) < 4.78 is 46.8. The number of nitrogens with one attached hydrogen (secondary N) is 2. The van der Waals surface area contributed by atoms with E-state index in [0.29, 0.717) is 0 Å². The number of amides is 2. The number of benzene rings is 2. The molecule has 3 rings (SSSR count). The second-order valence-corrected chi connectivity index (χ2v) is 6.87. The van der Waals surface area contributed by atoms with E-state index in [1.807, 2.05) is 0 Å². The highest BCUT2D eigenvalue weighted by atomic mass is 35.5. The number of hydrogen-bond acceptors (Lipinski definition) is 4. The topological polar surface area (TPSA) is 87.7 Å². The summed E-state index contributed by atoms with van der Waals surface area (Å²) >= 11 is 5.79. The summed E-state index contributed by atoms with van der Waals surface area (Å²) in [7, 11) is 1.30. The quantitative estimate of drug-likeness (QED) is 0.651. The van der Waals surface area contributed by atoms with E-state index in [-0.39, 0.29) is 21.9 Å². The molecule has 3 N–H and O–H groups in total. The number of methoxy groups -OCH3 is 1. The third-order valence-electron chi connectivity index (χ3n) is 4.69. The molecule has 3 atom stereocenters. The number of carbonyl (C=O) groups excluding carboxylic acids is 2. The van der Waals surface area contributed by atoms with Gasteiger partial charge in [0, 0.05) is 16.1 Å². The minimum Gasteiger partial charge on any atom is -0.496 e. The first kappa shape index (κ1) is 20.9. The Hall–Kier alpha value is -2.78. The number of alkyl halides is 3. The third-order valence-corrected chi connectivity index (χ3v) is 4.94. The Balaban J connectivity index is 2.20. The Morgan fingerprint density at radius 2 is 1.79 bits per heavy atom. The number of ketones is 1. The molecule has 2 aromatic rings. The molecule has 0 aromatic heterocycles. The number of halogens is 4. The monoisotopic (exact) mass is 428 g/mol. The fourth-order valence-corrected chi connectivity index (χ4v) is 3.44. The fourth-order valence-electron chi connectivity index (χ4n) is 3.32. The van der Waals surface area contributed by atoms with Crippen molar-refractivity contribution >= 4 is 23.4 Å². The molecule has 1 aliphatic heterocycles. The molecule has 0 unspecified atom stereocenters. The van der Waals surface area contributed by atoms with Gasteiger partial charge in [0.05, 0.1) is 13.2 Å². The van der Waals surface area contributed by atoms with Crippen molar-refractivity contribution in [1.29, 1.82) is 0 Å². The van der Waals surface area contributed by atoms with Gasteiger partial charge in [-0.1, -0.05) is 29.8 Å². The van der Waals surface area contributed by atoms with Gasteiger partial charge in [0.1, 0.15) is 11.7 Å². The van der Waals surface area contributed by atoms with Crippen LogP contribution in [0.4, 0.5) is 18.0 Å². The Morgan fingerprint density at radius 1 is 1.17 bits per heavy atom. The predicted molar refractivity (Wildman–Crippen MR) is 97.7 cm³/mol. The second kappa shape index (κ2) is 7.57. The van der Waals surface area contributed by atoms with Crippen LogP contribution in [0.2, 0.25) is 5.02 Å². The maximum atomic E-state index is 13.9. The first-order chi connectivity index (χ1) is 13.6. The van der Waals surface area contributed by atoms with Crippen LogP contribution in [0.15, 0.2) is 48.5 Å². The molecule has 29 heavy (non-hydrogen) atoms. The van der Waals surface area contributed by atoms with Crippen LogP contribution in [-0.4, -0.2) is 35.9 Å². The van der Waals surface area contributed by atoms with Crippen molar-refractivity contribution in [1.82, 2.24) is 10.6 Å². The van der Waals surface area contributed by atoms with Crippen molar-refractivity contribution in [2.75, 3.05) is 7.11 Å². The van der Waals surface area contributed by atoms with E-state index in [1.54, 1.807) is 6.07 Å². The van der Waals surface area contributed by atoms with Gasteiger partial charge in [-0.15, -0.1) is 0 Å². The van der Waals surface area contributed by atoms with E-state index in [1.165, 1.54) is 54.9 Å². The van der Waals surface area contributed by atoms with Crippen LogP contribution in [0.5, 0.6) is 5.75 Å². The zero-order valence-electron chi connectivity index (χ0n) is 15.0. The van der Waals surface area contributed by atoms with E-state index >= 15 is 0 Å². The van der Waals surface area contributed by atoms with Crippen LogP contribution < -0.4 is 15.4 Å². The summed E-state index contributed by atoms with van der Waals surface area (Å²) in [6, 6.07) is 8.36. The minimum absolute atomic E-state index is 0.111. The van der Waals surface area contributed by atoms with Crippen molar-refractivity contribution in [2.24, 2.45) is 5.92 Å². The predicted octanol–water partition coefficient (Wildman–Crippen LogP) is 3.45. The van der Waals surface area contributed by atoms with Gasteiger partial charge in [-0.05, 0) is 30.3 Å². The maximum absolute atomic E-state index is 13.9. The number of Topliss-reactive ketones (excluding diaryl/α,β-unsaturated/α-hetero) is 1. The van der Waals surface area contributed by atoms with Gasteiger partial charge in [-0.2, -0.15) is 13.2 Å². The molecular formula is C19H16ClF3N2O4. The Labute approximate surface area is 168 Å². The van der Waals surface area contributed by atoms with Crippen molar-refractivity contribution in [3.05, 3.63) is 64.7 Å². The van der Waals surface area contributed by atoms with Crippen LogP contribution in [0.3, 0.4) is 0 Å². The summed E-state index contributed by atoms with van der Waals surface area (Å²) in [5.41, 5.74) is -3.81. The summed E-state index contributed by atoms with van der Waals surface area (Å²) in [4.78, 5) is 25.1. The van der Waals surface area contributed by atoms with E-state index in [4.69, 9.17) is 16.3 Å². The number of para-hydroxylation sites is 1. The Morgan fingerprint density at radius 3 is 2.38 bits per heavy atom. The van der Waals surface area contributed by atoms with E-state index < -0.39 is 35.7 Å². The molecule has 2 amide bonds. The summed E-state index contributed by atoms with van der Waals surface area (Å²) in [6.07, 6.45) is -5.34. The van der Waals surface area contributed by atoms with Gasteiger partial charge in [-0.3, -0.25) is 4.79 Å². The molecule has 0 saturated carbocycles. The molecule has 10 heteroatoms. The number of rotatable bonds is 4. The molecule has 0 radical (unpaired) electrons. The maximum Gasteiger partial charge on any atom is 0.437 e. The van der Waals surface area contributed by atoms with Gasteiger partial charge in [0.25, 0.3) is 0 Å². The number of hydrogen-bond donors (Lipinski definition) is 3. The normalized spacial score (nSPS) is 24.4. The highest BCUT2D eigenvalue weighted by Gasteiger charge is 2.66. The molecule has 6 nitrogen and oxygen atoms in total. The van der Waals surface area contributed by atoms with E-state index in [2.05, 4.69) is 5.32 Å². The Kier molecular flexibility index (Phi) is 5.46. The molecule has 2 aromatic carbocycles. The number of aliphatic hydroxyl groups is 1. The summed E-state index contributed by atoms with van der Waals surface area (Å²) in [5.74, 6) is -3.03. The zero-order chi connectivity index (χ0) is 21.4. The third kappa shape index (κ3) is 3.75. The number of urea groups is 1. The lowest BCUT2D eigenvalue weighted by molar-refractivity contribution is -0.287. The number of ether oxygens (including phenoxy) is 1. The van der Waals surface area contributed by atoms with Crippen LogP contribution in [-0.2, 0) is 0 Å². The first-order valence-corrected chi connectivity index (χ1v) is 8.76. The lowest BCUT2D eigenvalue weighted by Gasteiger charge is -2.45. The van der Waals surface area contributed by atoms with Crippen LogP contribution in [0.25, 0.3) is 0 Å². The molecule has 1 heterocycles. The number of carbonyl (C=O) groups is 2. The first-order valence-electron chi connectivity index (χ1n) is 8.39. The standard InChI is InChI=1S/C19H16ClF3N2O4/c1-29-13-5-3-2-4-12(13)15-14(16(26)10-6-8-11(20)9-7-10)18(28,19(21,22)23)25-17(27)24-15/h2-9,14-15,28H,1H3,(H2,24,25,27)/t14-,15+,18-/m1/s1. The van der Waals surface area contributed by atoms with Crippen molar-refractivity contribution < 1.29 is 32.6 Å². The SMILES string of the molecule is COc1ccccc1[C@@H]1NC(=O)N[C@](O)(C(F)(F)F)[C@H]1C(=O)c1ccc(Cl)cc1. The van der Waals surface area contributed by atoms with Crippen LogP contribution in [0, 0.1) is 5.92 Å². The van der Waals surface area contributed by atoms with Gasteiger partial charge in [-0.25, -0.2) is 4.79 Å². The van der Waals surface area contributed by atoms with E-state index in [0.717, 1.165) is 0 Å². The smallest absolute Gasteiger partial charge is 0.437 e. The average molecular weight is 429 g/mol. The van der Waals surface area contributed by atoms with Gasteiger partial charge < -0.3 is 20.5 Å². The van der Waals surface area contributed by atoms with Crippen molar-refractivity contribution in [3.63, 3.8) is 0 Å². The molecule has 1 saturated heterocycles. The second-order valence-electron chi connectivity index (χ2n) is 6.43. The van der Waals surface area contributed by atoms with Crippen LogP contribution >= 0.6 is 11.6 Å². The molecule has 1 aliphatic rings. The highest BCUT2D eigenvalue weighted by Crippen LogP contribution is 2.45. The van der Waals surface area contributed by atoms with Gasteiger partial charge >= 0.3 is 12.2 Å². The van der Waals surface area contributed by atoms with Crippen molar-refractivity contribution in [2.45, 2.75) is 17.9 Å². The van der Waals surface area contributed by atoms with Gasteiger partial charge in [0.2, 0.25) is 5.72 Å². The molecular weight excluding hydrogens is 413 g/mol. The lowest BCUT2D eigenvalue weighted by Crippen LogP contribution is -2.72. The highest BCUT2D eigenvalue weighted by molar-refractivity contribution is 6.30. The molecule has 0 aliphatic carbocycles. The average Bonchev–Trinajstić information content (AvgIpc) is 2.66. The zero-order valence-corrected chi connectivity index (χ0v) is 15.7. The molecule has 0 spiro atoms. The van der Waals surface area contributed by atoms with Crippen molar-refractivity contribution in [3.8, 4) is 5.75 Å². The van der Waals surface area contributed by atoms with Gasteiger partial charge in [0.15, 0.2) is 5.78 Å². The van der Waals surface area contributed by atoms with Crippen LogP contribution in [0.1, 0.15) is 22.0 Å². The summed E-state index contributed by atoms with van der Waals surface area (Å²) in [6.45, 7) is 0.